The first-order chi connectivity index (χ1) is 11.5. The molecule has 2 aliphatic rings. The molecule has 0 unspecified atom stereocenters. The number of carbonyl (C=O) groups is 4. The van der Waals surface area contributed by atoms with Crippen LogP contribution in [0.1, 0.15) is 46.4 Å². The Bertz CT molecular complexity index is 681. The lowest BCUT2D eigenvalue weighted by molar-refractivity contribution is -0.125. The molecule has 3 rings (SSSR count). The summed E-state index contributed by atoms with van der Waals surface area (Å²) in [6.07, 6.45) is 2.81. The van der Waals surface area contributed by atoms with Crippen molar-refractivity contribution in [1.29, 1.82) is 0 Å². The first-order valence-corrected chi connectivity index (χ1v) is 8.01. The molecular formula is C17H19N3O4. The number of hydrogen-bond acceptors (Lipinski definition) is 4. The summed E-state index contributed by atoms with van der Waals surface area (Å²) in [5.41, 5.74) is 5.97. The fourth-order valence-corrected chi connectivity index (χ4v) is 3.38. The van der Waals surface area contributed by atoms with E-state index >= 15 is 0 Å². The second-order valence-corrected chi connectivity index (χ2v) is 6.27. The van der Waals surface area contributed by atoms with Crippen LogP contribution in [0, 0.1) is 5.92 Å². The van der Waals surface area contributed by atoms with Crippen molar-refractivity contribution in [3.8, 4) is 0 Å². The molecule has 2 atom stereocenters. The Hall–Kier alpha value is -2.70. The lowest BCUT2D eigenvalue weighted by Crippen LogP contribution is -2.46. The average molecular weight is 329 g/mol. The summed E-state index contributed by atoms with van der Waals surface area (Å²) in [6.45, 7) is -0.315. The molecule has 1 aliphatic heterocycles. The predicted molar refractivity (Wildman–Crippen MR) is 84.9 cm³/mol. The highest BCUT2D eigenvalue weighted by Crippen LogP contribution is 2.25. The molecule has 4 amide bonds. The number of rotatable bonds is 4. The third-order valence-electron chi connectivity index (χ3n) is 4.62. The summed E-state index contributed by atoms with van der Waals surface area (Å²) in [5, 5.41) is 2.81. The number of fused-ring (bicyclic) bond motifs is 1. The largest absolute Gasteiger partial charge is 0.369 e. The Balaban J connectivity index is 1.61. The fourth-order valence-electron chi connectivity index (χ4n) is 3.38. The van der Waals surface area contributed by atoms with Gasteiger partial charge >= 0.3 is 0 Å². The van der Waals surface area contributed by atoms with Gasteiger partial charge in [0.15, 0.2) is 0 Å². The third-order valence-corrected chi connectivity index (χ3v) is 4.62. The van der Waals surface area contributed by atoms with Gasteiger partial charge in [0.2, 0.25) is 11.8 Å². The molecule has 0 bridgehead atoms. The van der Waals surface area contributed by atoms with Crippen LogP contribution in [0.15, 0.2) is 24.3 Å². The normalized spacial score (nSPS) is 23.1. The summed E-state index contributed by atoms with van der Waals surface area (Å²) in [7, 11) is 0. The molecule has 1 aromatic carbocycles. The highest BCUT2D eigenvalue weighted by molar-refractivity contribution is 6.22. The SMILES string of the molecule is NC(=O)[C@H]1CCC[C@H](NC(=O)CN2C(=O)c3ccccc3C2=O)C1. The number of amides is 4. The van der Waals surface area contributed by atoms with E-state index in [1.54, 1.807) is 24.3 Å². The van der Waals surface area contributed by atoms with Crippen molar-refractivity contribution < 1.29 is 19.2 Å². The Morgan fingerprint density at radius 1 is 1.12 bits per heavy atom. The monoisotopic (exact) mass is 329 g/mol. The van der Waals surface area contributed by atoms with E-state index in [1.165, 1.54) is 0 Å². The molecule has 0 aromatic heterocycles. The van der Waals surface area contributed by atoms with Gasteiger partial charge in [-0.1, -0.05) is 18.6 Å². The minimum Gasteiger partial charge on any atom is -0.369 e. The van der Waals surface area contributed by atoms with Gasteiger partial charge in [0.1, 0.15) is 6.54 Å². The van der Waals surface area contributed by atoms with Crippen molar-refractivity contribution in [3.63, 3.8) is 0 Å². The van der Waals surface area contributed by atoms with Gasteiger partial charge in [-0.05, 0) is 31.4 Å². The maximum atomic E-state index is 12.2. The van der Waals surface area contributed by atoms with Gasteiger partial charge in [-0.2, -0.15) is 0 Å². The van der Waals surface area contributed by atoms with E-state index in [-0.39, 0.29) is 24.4 Å². The van der Waals surface area contributed by atoms with Crippen molar-refractivity contribution in [2.45, 2.75) is 31.7 Å². The first kappa shape index (κ1) is 16.2. The molecular weight excluding hydrogens is 310 g/mol. The summed E-state index contributed by atoms with van der Waals surface area (Å²) >= 11 is 0. The van der Waals surface area contributed by atoms with E-state index in [0.29, 0.717) is 17.5 Å². The maximum Gasteiger partial charge on any atom is 0.262 e. The van der Waals surface area contributed by atoms with E-state index in [4.69, 9.17) is 5.73 Å². The number of nitrogens with two attached hydrogens (primary N) is 1. The Morgan fingerprint density at radius 3 is 2.33 bits per heavy atom. The predicted octanol–water partition coefficient (Wildman–Crippen LogP) is 0.443. The van der Waals surface area contributed by atoms with Crippen LogP contribution < -0.4 is 11.1 Å². The average Bonchev–Trinajstić information content (AvgIpc) is 2.80. The van der Waals surface area contributed by atoms with Gasteiger partial charge in [0.25, 0.3) is 11.8 Å². The number of carbonyl (C=O) groups excluding carboxylic acids is 4. The first-order valence-electron chi connectivity index (χ1n) is 8.01. The molecule has 24 heavy (non-hydrogen) atoms. The molecule has 1 aromatic rings. The van der Waals surface area contributed by atoms with Crippen molar-refractivity contribution in [3.05, 3.63) is 35.4 Å². The van der Waals surface area contributed by atoms with Crippen LogP contribution in [-0.4, -0.2) is 41.1 Å². The second-order valence-electron chi connectivity index (χ2n) is 6.27. The third kappa shape index (κ3) is 3.02. The van der Waals surface area contributed by atoms with Crippen molar-refractivity contribution in [2.75, 3.05) is 6.54 Å². The van der Waals surface area contributed by atoms with Crippen LogP contribution in [0.5, 0.6) is 0 Å². The zero-order valence-corrected chi connectivity index (χ0v) is 13.2. The van der Waals surface area contributed by atoms with Gasteiger partial charge in [-0.3, -0.25) is 24.1 Å². The topological polar surface area (TPSA) is 110 Å². The molecule has 7 heteroatoms. The second kappa shape index (κ2) is 6.43. The number of hydrogen-bond donors (Lipinski definition) is 2. The number of nitrogens with zero attached hydrogens (tertiary/aromatic N) is 1. The zero-order chi connectivity index (χ0) is 17.3. The summed E-state index contributed by atoms with van der Waals surface area (Å²) < 4.78 is 0. The van der Waals surface area contributed by atoms with E-state index in [1.807, 2.05) is 0 Å². The quantitative estimate of drug-likeness (QED) is 0.781. The molecule has 7 nitrogen and oxygen atoms in total. The number of benzene rings is 1. The van der Waals surface area contributed by atoms with E-state index in [9.17, 15) is 19.2 Å². The van der Waals surface area contributed by atoms with E-state index in [2.05, 4.69) is 5.32 Å². The summed E-state index contributed by atoms with van der Waals surface area (Å²) in [6, 6.07) is 6.36. The Morgan fingerprint density at radius 2 is 1.75 bits per heavy atom. The smallest absolute Gasteiger partial charge is 0.262 e. The van der Waals surface area contributed by atoms with Crippen LogP contribution >= 0.6 is 0 Å². The van der Waals surface area contributed by atoms with Crippen molar-refractivity contribution in [2.24, 2.45) is 11.7 Å². The Labute approximate surface area is 139 Å². The van der Waals surface area contributed by atoms with Crippen molar-refractivity contribution >= 4 is 23.6 Å². The minimum atomic E-state index is -0.454. The highest BCUT2D eigenvalue weighted by Gasteiger charge is 2.36. The van der Waals surface area contributed by atoms with Crippen molar-refractivity contribution in [1.82, 2.24) is 10.2 Å². The number of primary amides is 1. The molecule has 1 fully saturated rings. The van der Waals surface area contributed by atoms with Crippen LogP contribution in [0.3, 0.4) is 0 Å². The van der Waals surface area contributed by atoms with Crippen LogP contribution in [0.25, 0.3) is 0 Å². The van der Waals surface area contributed by atoms with E-state index in [0.717, 1.165) is 24.2 Å². The molecule has 0 saturated heterocycles. The maximum absolute atomic E-state index is 12.2. The molecule has 3 N–H and O–H groups in total. The van der Waals surface area contributed by atoms with Crippen LogP contribution in [-0.2, 0) is 9.59 Å². The molecule has 126 valence electrons. The zero-order valence-electron chi connectivity index (χ0n) is 13.2. The van der Waals surface area contributed by atoms with Crippen LogP contribution in [0.2, 0.25) is 0 Å². The number of nitrogens with one attached hydrogen (secondary N) is 1. The lowest BCUT2D eigenvalue weighted by atomic mass is 9.85. The standard InChI is InChI=1S/C17H19N3O4/c18-15(22)10-4-3-5-11(8-10)19-14(21)9-20-16(23)12-6-1-2-7-13(12)17(20)24/h1-2,6-7,10-11H,3-5,8-9H2,(H2,18,22)(H,19,21)/t10-,11-/m0/s1. The van der Waals surface area contributed by atoms with Gasteiger partial charge in [-0.15, -0.1) is 0 Å². The summed E-state index contributed by atoms with van der Waals surface area (Å²) in [4.78, 5) is 48.9. The molecule has 0 radical (unpaired) electrons. The molecule has 1 aliphatic carbocycles. The lowest BCUT2D eigenvalue weighted by Gasteiger charge is -2.28. The fraction of sp³-hybridized carbons (Fsp3) is 0.412. The Kier molecular flexibility index (Phi) is 4.33. The number of imide groups is 1. The molecule has 1 heterocycles. The highest BCUT2D eigenvalue weighted by atomic mass is 16.2. The summed E-state index contributed by atoms with van der Waals surface area (Å²) in [5.74, 6) is -1.90. The van der Waals surface area contributed by atoms with Gasteiger partial charge in [-0.25, -0.2) is 0 Å². The van der Waals surface area contributed by atoms with Crippen LogP contribution in [0.4, 0.5) is 0 Å². The van der Waals surface area contributed by atoms with Gasteiger partial charge in [0.05, 0.1) is 11.1 Å². The molecule has 0 spiro atoms. The molecule has 1 saturated carbocycles. The van der Waals surface area contributed by atoms with E-state index < -0.39 is 17.7 Å². The van der Waals surface area contributed by atoms with Gasteiger partial charge < -0.3 is 11.1 Å². The minimum absolute atomic E-state index is 0.154. The van der Waals surface area contributed by atoms with Gasteiger partial charge in [0, 0.05) is 12.0 Å².